The highest BCUT2D eigenvalue weighted by Crippen LogP contribution is 2.47. The van der Waals surface area contributed by atoms with E-state index in [-0.39, 0.29) is 18.9 Å². The molecule has 0 unspecified atom stereocenters. The molecule has 0 radical (unpaired) electrons. The van der Waals surface area contributed by atoms with Crippen molar-refractivity contribution in [2.24, 2.45) is 0 Å². The van der Waals surface area contributed by atoms with Crippen LogP contribution in [0.3, 0.4) is 0 Å². The molecule has 0 bridgehead atoms. The van der Waals surface area contributed by atoms with Gasteiger partial charge >= 0.3 is 0 Å². The van der Waals surface area contributed by atoms with Gasteiger partial charge in [-0.3, -0.25) is 4.98 Å². The summed E-state index contributed by atoms with van der Waals surface area (Å²) in [5.74, 6) is 2.89. The number of methoxy groups -OCH3 is 2. The molecule has 6 rings (SSSR count). The predicted octanol–water partition coefficient (Wildman–Crippen LogP) is 5.41. The summed E-state index contributed by atoms with van der Waals surface area (Å²) < 4.78 is 24.6. The monoisotopic (exact) mass is 528 g/mol. The van der Waals surface area contributed by atoms with Gasteiger partial charge < -0.3 is 33.7 Å². The third-order valence-corrected chi connectivity index (χ3v) is 7.46. The lowest BCUT2D eigenvalue weighted by molar-refractivity contribution is 0.174. The number of aryl methyl sites for hydroxylation is 1. The Morgan fingerprint density at radius 1 is 0.974 bits per heavy atom. The Balaban J connectivity index is 1.51. The maximum atomic E-state index is 5.94. The Kier molecular flexibility index (Phi) is 6.07. The van der Waals surface area contributed by atoms with Gasteiger partial charge in [0.2, 0.25) is 6.79 Å². The van der Waals surface area contributed by atoms with Crippen molar-refractivity contribution in [2.75, 3.05) is 25.9 Å². The molecule has 2 aromatic heterocycles. The van der Waals surface area contributed by atoms with E-state index >= 15 is 0 Å². The molecule has 1 N–H and O–H groups in total. The second kappa shape index (κ2) is 9.57. The number of thiocarbonyl (C=S) groups is 1. The summed E-state index contributed by atoms with van der Waals surface area (Å²) in [6.07, 6.45) is 1.81. The van der Waals surface area contributed by atoms with Crippen LogP contribution in [0.4, 0.5) is 5.69 Å². The number of nitrogens with one attached hydrogen (secondary N) is 1. The molecule has 2 aliphatic heterocycles. The fourth-order valence-electron chi connectivity index (χ4n) is 5.42. The smallest absolute Gasteiger partial charge is 0.231 e. The maximum Gasteiger partial charge on any atom is 0.231 e. The van der Waals surface area contributed by atoms with E-state index in [1.807, 2.05) is 54.7 Å². The Hall–Kier alpha value is -4.24. The highest BCUT2D eigenvalue weighted by molar-refractivity contribution is 7.80. The first-order valence-electron chi connectivity index (χ1n) is 12.3. The van der Waals surface area contributed by atoms with Crippen LogP contribution in [0, 0.1) is 13.8 Å². The van der Waals surface area contributed by atoms with Crippen molar-refractivity contribution in [3.8, 4) is 28.7 Å². The van der Waals surface area contributed by atoms with E-state index in [1.54, 1.807) is 14.2 Å². The SMILES string of the molecule is COc1ccc(N2C(=S)N[C@@H](c3ccccn3)[C@H]2c2cc(C)n(-c3ccc4c(c3)OCO4)c2C)c(OC)c1. The minimum Gasteiger partial charge on any atom is -0.497 e. The summed E-state index contributed by atoms with van der Waals surface area (Å²) in [6, 6.07) is 19.6. The number of aromatic nitrogens is 2. The van der Waals surface area contributed by atoms with Gasteiger partial charge in [-0.1, -0.05) is 6.07 Å². The third-order valence-electron chi connectivity index (χ3n) is 7.15. The summed E-state index contributed by atoms with van der Waals surface area (Å²) in [5, 5.41) is 4.14. The van der Waals surface area contributed by atoms with Gasteiger partial charge in [-0.15, -0.1) is 0 Å². The molecular weight excluding hydrogens is 500 g/mol. The van der Waals surface area contributed by atoms with E-state index < -0.39 is 0 Å². The summed E-state index contributed by atoms with van der Waals surface area (Å²) in [7, 11) is 3.29. The van der Waals surface area contributed by atoms with Crippen molar-refractivity contribution in [3.63, 3.8) is 0 Å². The summed E-state index contributed by atoms with van der Waals surface area (Å²) in [5.41, 5.74) is 6.07. The topological polar surface area (TPSA) is 70.0 Å². The van der Waals surface area contributed by atoms with Crippen LogP contribution in [0.1, 0.15) is 34.7 Å². The molecule has 1 saturated heterocycles. The molecule has 4 heterocycles. The standard InChI is InChI=1S/C29H28N4O4S/c1-17-13-21(18(2)32(17)19-8-11-24-26(14-19)37-16-36-24)28-27(22-7-5-6-12-30-22)31-29(38)33(28)23-10-9-20(34-3)15-25(23)35-4/h5-15,27-28H,16H2,1-4H3,(H,31,38)/t27-,28+/m0/s1. The van der Waals surface area contributed by atoms with Gasteiger partial charge in [-0.05, 0) is 74.1 Å². The number of ether oxygens (including phenoxy) is 4. The average molecular weight is 529 g/mol. The van der Waals surface area contributed by atoms with Crippen LogP contribution in [0.2, 0.25) is 0 Å². The molecular formula is C29H28N4O4S. The number of rotatable bonds is 6. The molecule has 4 aromatic rings. The third kappa shape index (κ3) is 3.90. The van der Waals surface area contributed by atoms with Crippen molar-refractivity contribution in [1.29, 1.82) is 0 Å². The van der Waals surface area contributed by atoms with Gasteiger partial charge in [0.15, 0.2) is 16.6 Å². The average Bonchev–Trinajstić information content (AvgIpc) is 3.63. The zero-order chi connectivity index (χ0) is 26.4. The zero-order valence-corrected chi connectivity index (χ0v) is 22.4. The molecule has 0 saturated carbocycles. The number of hydrogen-bond acceptors (Lipinski definition) is 6. The first kappa shape index (κ1) is 24.1. The van der Waals surface area contributed by atoms with Crippen molar-refractivity contribution < 1.29 is 18.9 Å². The summed E-state index contributed by atoms with van der Waals surface area (Å²) in [4.78, 5) is 6.81. The molecule has 2 aliphatic rings. The van der Waals surface area contributed by atoms with Crippen LogP contribution in [-0.4, -0.2) is 35.7 Å². The van der Waals surface area contributed by atoms with E-state index in [0.29, 0.717) is 16.6 Å². The van der Waals surface area contributed by atoms with E-state index in [1.165, 1.54) is 0 Å². The quantitative estimate of drug-likeness (QED) is 0.333. The molecule has 2 aromatic carbocycles. The Labute approximate surface area is 226 Å². The lowest BCUT2D eigenvalue weighted by Gasteiger charge is -2.29. The highest BCUT2D eigenvalue weighted by atomic mass is 32.1. The first-order valence-corrected chi connectivity index (χ1v) is 12.7. The van der Waals surface area contributed by atoms with Gasteiger partial charge in [-0.25, -0.2) is 0 Å². The van der Waals surface area contributed by atoms with Gasteiger partial charge in [0.1, 0.15) is 11.5 Å². The highest BCUT2D eigenvalue weighted by Gasteiger charge is 2.43. The second-order valence-electron chi connectivity index (χ2n) is 9.23. The minimum absolute atomic E-state index is 0.179. The summed E-state index contributed by atoms with van der Waals surface area (Å²) >= 11 is 5.94. The Bertz CT molecular complexity index is 1520. The van der Waals surface area contributed by atoms with Gasteiger partial charge in [0.25, 0.3) is 0 Å². The Morgan fingerprint density at radius 3 is 2.58 bits per heavy atom. The minimum atomic E-state index is -0.186. The van der Waals surface area contributed by atoms with Gasteiger partial charge in [-0.2, -0.15) is 0 Å². The summed E-state index contributed by atoms with van der Waals surface area (Å²) in [6.45, 7) is 4.48. The van der Waals surface area contributed by atoms with Crippen molar-refractivity contribution >= 4 is 23.0 Å². The molecule has 2 atom stereocenters. The molecule has 0 amide bonds. The largest absolute Gasteiger partial charge is 0.497 e. The molecule has 194 valence electrons. The van der Waals surface area contributed by atoms with Crippen LogP contribution in [0.25, 0.3) is 5.69 Å². The Morgan fingerprint density at radius 2 is 1.82 bits per heavy atom. The molecule has 0 aliphatic carbocycles. The normalized spacial score (nSPS) is 18.0. The van der Waals surface area contributed by atoms with Crippen LogP contribution < -0.4 is 29.2 Å². The number of benzene rings is 2. The van der Waals surface area contributed by atoms with Gasteiger partial charge in [0, 0.05) is 35.4 Å². The fraction of sp³-hybridized carbons (Fsp3) is 0.241. The number of anilines is 1. The fourth-order valence-corrected chi connectivity index (χ4v) is 5.76. The molecule has 8 nitrogen and oxygen atoms in total. The number of pyridine rings is 1. The number of nitrogens with zero attached hydrogens (tertiary/aromatic N) is 3. The lowest BCUT2D eigenvalue weighted by atomic mass is 9.96. The predicted molar refractivity (Wildman–Crippen MR) is 149 cm³/mol. The zero-order valence-electron chi connectivity index (χ0n) is 21.6. The molecule has 1 fully saturated rings. The number of hydrogen-bond donors (Lipinski definition) is 1. The molecule has 0 spiro atoms. The van der Waals surface area contributed by atoms with Crippen LogP contribution >= 0.6 is 12.2 Å². The van der Waals surface area contributed by atoms with Crippen molar-refractivity contribution in [2.45, 2.75) is 25.9 Å². The van der Waals surface area contributed by atoms with Crippen LogP contribution in [-0.2, 0) is 0 Å². The van der Waals surface area contributed by atoms with Crippen molar-refractivity contribution in [1.82, 2.24) is 14.9 Å². The van der Waals surface area contributed by atoms with Crippen LogP contribution in [0.15, 0.2) is 66.9 Å². The van der Waals surface area contributed by atoms with E-state index in [0.717, 1.165) is 45.5 Å². The molecule has 38 heavy (non-hydrogen) atoms. The van der Waals surface area contributed by atoms with E-state index in [4.69, 9.17) is 31.2 Å². The number of fused-ring (bicyclic) bond motifs is 1. The van der Waals surface area contributed by atoms with E-state index in [9.17, 15) is 0 Å². The maximum absolute atomic E-state index is 5.94. The van der Waals surface area contributed by atoms with Gasteiger partial charge in [0.05, 0.1) is 37.7 Å². The second-order valence-corrected chi connectivity index (χ2v) is 9.62. The first-order chi connectivity index (χ1) is 18.5. The molecule has 9 heteroatoms. The van der Waals surface area contributed by atoms with E-state index in [2.05, 4.69) is 45.7 Å². The van der Waals surface area contributed by atoms with Crippen LogP contribution in [0.5, 0.6) is 23.0 Å². The lowest BCUT2D eigenvalue weighted by Crippen LogP contribution is -2.30. The van der Waals surface area contributed by atoms with Crippen molar-refractivity contribution in [3.05, 3.63) is 89.5 Å².